The Hall–Kier alpha value is -2.37. The number of aromatic nitrogens is 2. The number of imidazole rings is 1. The zero-order valence-electron chi connectivity index (χ0n) is 13.7. The largest absolute Gasteiger partial charge is 0.479 e. The Bertz CT molecular complexity index is 903. The smallest absolute Gasteiger partial charge is 0.180 e. The molecule has 0 radical (unpaired) electrons. The molecule has 4 rings (SSSR count). The van der Waals surface area contributed by atoms with E-state index in [1.165, 1.54) is 0 Å². The highest BCUT2D eigenvalue weighted by Crippen LogP contribution is 2.43. The summed E-state index contributed by atoms with van der Waals surface area (Å²) in [5, 5.41) is 20.1. The lowest BCUT2D eigenvalue weighted by Gasteiger charge is -2.20. The Kier molecular flexibility index (Phi) is 3.55. The van der Waals surface area contributed by atoms with Gasteiger partial charge in [0.15, 0.2) is 17.5 Å². The third-order valence-corrected chi connectivity index (χ3v) is 4.97. The van der Waals surface area contributed by atoms with E-state index >= 15 is 0 Å². The first kappa shape index (κ1) is 15.2. The summed E-state index contributed by atoms with van der Waals surface area (Å²) in [5.74, 6) is 0.633. The third kappa shape index (κ3) is 2.12. The second-order valence-corrected chi connectivity index (χ2v) is 6.31. The fraction of sp³-hybridized carbons (Fsp3) is 0.316. The lowest BCUT2D eigenvalue weighted by Crippen LogP contribution is -2.21. The molecule has 0 aliphatic heterocycles. The van der Waals surface area contributed by atoms with Crippen LogP contribution in [0.3, 0.4) is 0 Å². The maximum Gasteiger partial charge on any atom is 0.180 e. The van der Waals surface area contributed by atoms with Gasteiger partial charge in [-0.2, -0.15) is 0 Å². The first-order valence-corrected chi connectivity index (χ1v) is 8.12. The van der Waals surface area contributed by atoms with Crippen molar-refractivity contribution in [3.63, 3.8) is 0 Å². The highest BCUT2D eigenvalue weighted by Gasteiger charge is 2.38. The van der Waals surface area contributed by atoms with Gasteiger partial charge >= 0.3 is 0 Å². The molecule has 3 aromatic rings. The van der Waals surface area contributed by atoms with Crippen molar-refractivity contribution in [1.29, 1.82) is 0 Å². The van der Waals surface area contributed by atoms with Crippen LogP contribution in [0.2, 0.25) is 0 Å². The Morgan fingerprint density at radius 3 is 2.67 bits per heavy atom. The predicted octanol–water partition coefficient (Wildman–Crippen LogP) is 2.73. The van der Waals surface area contributed by atoms with Crippen LogP contribution in [-0.4, -0.2) is 25.7 Å². The molecule has 0 fully saturated rings. The quantitative estimate of drug-likeness (QED) is 0.777. The van der Waals surface area contributed by atoms with Crippen LogP contribution in [-0.2, 0) is 6.61 Å². The van der Waals surface area contributed by atoms with Gasteiger partial charge in [-0.25, -0.2) is 4.98 Å². The summed E-state index contributed by atoms with van der Waals surface area (Å²) in [6, 6.07) is 11.7. The van der Waals surface area contributed by atoms with Gasteiger partial charge in [-0.3, -0.25) is 0 Å². The van der Waals surface area contributed by atoms with Gasteiger partial charge in [0.2, 0.25) is 0 Å². The fourth-order valence-corrected chi connectivity index (χ4v) is 3.53. The zero-order chi connectivity index (χ0) is 16.8. The summed E-state index contributed by atoms with van der Waals surface area (Å²) in [6.07, 6.45) is 0.874. The van der Waals surface area contributed by atoms with Gasteiger partial charge in [-0.05, 0) is 30.2 Å². The third-order valence-electron chi connectivity index (χ3n) is 4.97. The van der Waals surface area contributed by atoms with Crippen LogP contribution < -0.4 is 4.74 Å². The summed E-state index contributed by atoms with van der Waals surface area (Å²) >= 11 is 0. The summed E-state index contributed by atoms with van der Waals surface area (Å²) < 4.78 is 8.10. The normalized spacial score (nSPS) is 22.8. The van der Waals surface area contributed by atoms with Gasteiger partial charge in [0.05, 0.1) is 12.3 Å². The molecule has 1 aromatic carbocycles. The van der Waals surface area contributed by atoms with Gasteiger partial charge in [-0.1, -0.05) is 31.2 Å². The molecule has 0 bridgehead atoms. The zero-order valence-corrected chi connectivity index (χ0v) is 13.7. The van der Waals surface area contributed by atoms with E-state index in [4.69, 9.17) is 4.74 Å². The Balaban J connectivity index is 1.78. The molecule has 0 spiro atoms. The van der Waals surface area contributed by atoms with E-state index in [0.717, 1.165) is 16.8 Å². The number of pyridine rings is 1. The number of ether oxygens (including phenoxy) is 1. The van der Waals surface area contributed by atoms with Crippen molar-refractivity contribution in [2.45, 2.75) is 38.6 Å². The average Bonchev–Trinajstić information content (AvgIpc) is 3.06. The number of aryl methyl sites for hydroxylation is 1. The number of hydrogen-bond donors (Lipinski definition) is 2. The van der Waals surface area contributed by atoms with Crippen molar-refractivity contribution in [3.05, 3.63) is 65.1 Å². The number of rotatable bonds is 3. The first-order valence-electron chi connectivity index (χ1n) is 8.12. The summed E-state index contributed by atoms with van der Waals surface area (Å²) in [5.41, 5.74) is 4.32. The highest BCUT2D eigenvalue weighted by molar-refractivity contribution is 5.56. The summed E-state index contributed by atoms with van der Waals surface area (Å²) in [7, 11) is 0. The van der Waals surface area contributed by atoms with Gasteiger partial charge in [0.1, 0.15) is 6.10 Å². The average molecular weight is 324 g/mol. The minimum Gasteiger partial charge on any atom is -0.479 e. The van der Waals surface area contributed by atoms with E-state index < -0.39 is 12.2 Å². The maximum atomic E-state index is 10.6. The molecule has 1 aliphatic rings. The molecular weight excluding hydrogens is 304 g/mol. The van der Waals surface area contributed by atoms with Crippen molar-refractivity contribution in [1.82, 2.24) is 9.38 Å². The molecule has 124 valence electrons. The van der Waals surface area contributed by atoms with Crippen LogP contribution in [0.4, 0.5) is 0 Å². The van der Waals surface area contributed by atoms with Gasteiger partial charge in [0, 0.05) is 17.8 Å². The molecular formula is C19H20N2O3. The van der Waals surface area contributed by atoms with Crippen molar-refractivity contribution in [2.75, 3.05) is 0 Å². The molecule has 3 unspecified atom stereocenters. The van der Waals surface area contributed by atoms with Crippen LogP contribution in [0, 0.1) is 6.92 Å². The molecule has 24 heavy (non-hydrogen) atoms. The van der Waals surface area contributed by atoms with Crippen LogP contribution in [0.1, 0.15) is 41.5 Å². The second-order valence-electron chi connectivity index (χ2n) is 6.31. The second kappa shape index (κ2) is 5.61. The molecule has 2 N–H and O–H groups in total. The van der Waals surface area contributed by atoms with Crippen molar-refractivity contribution in [2.24, 2.45) is 0 Å². The Labute approximate surface area is 140 Å². The van der Waals surface area contributed by atoms with Crippen LogP contribution in [0.15, 0.2) is 42.6 Å². The first-order chi connectivity index (χ1) is 11.6. The highest BCUT2D eigenvalue weighted by atomic mass is 16.5. The van der Waals surface area contributed by atoms with Crippen molar-refractivity contribution < 1.29 is 14.9 Å². The van der Waals surface area contributed by atoms with Crippen molar-refractivity contribution >= 4 is 5.65 Å². The van der Waals surface area contributed by atoms with Crippen LogP contribution in [0.25, 0.3) is 5.65 Å². The van der Waals surface area contributed by atoms with Gasteiger partial charge < -0.3 is 19.4 Å². The topological polar surface area (TPSA) is 67.0 Å². The molecule has 0 saturated heterocycles. The number of aliphatic hydroxyl groups is 2. The van der Waals surface area contributed by atoms with Gasteiger partial charge in [0.25, 0.3) is 0 Å². The molecule has 2 heterocycles. The van der Waals surface area contributed by atoms with E-state index in [2.05, 4.69) is 4.98 Å². The lowest BCUT2D eigenvalue weighted by atomic mass is 10.0. The lowest BCUT2D eigenvalue weighted by molar-refractivity contribution is 0.0368. The molecule has 0 amide bonds. The molecule has 5 nitrogen and oxygen atoms in total. The van der Waals surface area contributed by atoms with E-state index in [1.54, 1.807) is 0 Å². The Morgan fingerprint density at radius 1 is 1.17 bits per heavy atom. The maximum absolute atomic E-state index is 10.6. The molecule has 1 aliphatic carbocycles. The monoisotopic (exact) mass is 324 g/mol. The standard InChI is InChI=1S/C19H20N2O3/c1-11-13-6-3-4-7-14(13)18(17(11)23)24-16-8-5-9-21-12(2)15(10-22)20-19(16)21/h3-9,11,17-18,22-23H,10H2,1-2H3. The Morgan fingerprint density at radius 2 is 1.92 bits per heavy atom. The van der Waals surface area contributed by atoms with Crippen molar-refractivity contribution in [3.8, 4) is 5.75 Å². The van der Waals surface area contributed by atoms with Gasteiger partial charge in [-0.15, -0.1) is 0 Å². The van der Waals surface area contributed by atoms with E-state index in [1.807, 2.05) is 60.8 Å². The number of aliphatic hydroxyl groups excluding tert-OH is 2. The molecule has 3 atom stereocenters. The number of benzene rings is 1. The van der Waals surface area contributed by atoms with Crippen LogP contribution in [0.5, 0.6) is 5.75 Å². The summed E-state index contributed by atoms with van der Waals surface area (Å²) in [6.45, 7) is 3.81. The number of fused-ring (bicyclic) bond motifs is 2. The number of nitrogens with zero attached hydrogens (tertiary/aromatic N) is 2. The molecule has 5 heteroatoms. The fourth-order valence-electron chi connectivity index (χ4n) is 3.53. The molecule has 0 saturated carbocycles. The number of hydrogen-bond acceptors (Lipinski definition) is 4. The molecule has 2 aromatic heterocycles. The van der Waals surface area contributed by atoms with E-state index in [-0.39, 0.29) is 12.5 Å². The predicted molar refractivity (Wildman–Crippen MR) is 90.1 cm³/mol. The SMILES string of the molecule is Cc1c(CO)nc2c(OC3c4ccccc4C(C)C3O)cccn12. The van der Waals surface area contributed by atoms with E-state index in [9.17, 15) is 10.2 Å². The minimum atomic E-state index is -0.601. The van der Waals surface area contributed by atoms with Crippen LogP contribution >= 0.6 is 0 Å². The minimum absolute atomic E-state index is 0.0282. The van der Waals surface area contributed by atoms with E-state index in [0.29, 0.717) is 17.1 Å². The summed E-state index contributed by atoms with van der Waals surface area (Å²) in [4.78, 5) is 4.48.